The maximum absolute atomic E-state index is 14.8. The van der Waals surface area contributed by atoms with Crippen LogP contribution in [0.3, 0.4) is 0 Å². The van der Waals surface area contributed by atoms with Gasteiger partial charge in [0, 0.05) is 10.9 Å². The molecule has 7 nitrogen and oxygen atoms in total. The van der Waals surface area contributed by atoms with Gasteiger partial charge >= 0.3 is 5.92 Å². The Morgan fingerprint density at radius 1 is 1.18 bits per heavy atom. The molecule has 9 heteroatoms. The third kappa shape index (κ3) is 2.93. The largest absolute Gasteiger partial charge is 0.392 e. The van der Waals surface area contributed by atoms with Gasteiger partial charge in [0.25, 0.3) is 0 Å². The van der Waals surface area contributed by atoms with Crippen LogP contribution in [0.4, 0.5) is 8.78 Å². The topological polar surface area (TPSA) is 92.5 Å². The second kappa shape index (κ2) is 6.75. The standard InChI is InChI=1S/C19H18F2N6O/c1-11-4-3-5-13(10-28)16(11)9-27-17-8-14(6-7-15(17)12(2)24-27)19(20,21)18-22-25-26-23-18/h3-8,28H,9-10H2,1-2H3,(H,22,23,25,26). The summed E-state index contributed by atoms with van der Waals surface area (Å²) in [7, 11) is 0. The van der Waals surface area contributed by atoms with E-state index in [0.29, 0.717) is 12.1 Å². The van der Waals surface area contributed by atoms with Gasteiger partial charge in [-0.3, -0.25) is 4.68 Å². The number of H-pyrrole nitrogens is 1. The van der Waals surface area contributed by atoms with Crippen molar-refractivity contribution in [3.05, 3.63) is 70.2 Å². The highest BCUT2D eigenvalue weighted by molar-refractivity contribution is 5.83. The molecular formula is C19H18F2N6O. The van der Waals surface area contributed by atoms with Crippen LogP contribution in [0.1, 0.15) is 33.8 Å². The molecule has 144 valence electrons. The Morgan fingerprint density at radius 3 is 2.71 bits per heavy atom. The van der Waals surface area contributed by atoms with Crippen LogP contribution in [0.15, 0.2) is 36.4 Å². The molecule has 0 atom stereocenters. The monoisotopic (exact) mass is 384 g/mol. The van der Waals surface area contributed by atoms with Crippen molar-refractivity contribution in [2.24, 2.45) is 0 Å². The van der Waals surface area contributed by atoms with E-state index in [1.165, 1.54) is 12.1 Å². The number of aromatic amines is 1. The number of nitrogens with one attached hydrogen (secondary N) is 1. The molecule has 4 aromatic rings. The number of fused-ring (bicyclic) bond motifs is 1. The predicted molar refractivity (Wildman–Crippen MR) is 97.8 cm³/mol. The SMILES string of the molecule is Cc1cccc(CO)c1Cn1nc(C)c2ccc(C(F)(F)c3nnn[nH]3)cc21. The molecule has 2 N–H and O–H groups in total. The molecule has 2 aromatic heterocycles. The molecular weight excluding hydrogens is 366 g/mol. The zero-order valence-corrected chi connectivity index (χ0v) is 15.3. The number of alkyl halides is 2. The summed E-state index contributed by atoms with van der Waals surface area (Å²) in [5.41, 5.74) is 3.80. The number of aryl methyl sites for hydroxylation is 2. The minimum Gasteiger partial charge on any atom is -0.392 e. The summed E-state index contributed by atoms with van der Waals surface area (Å²) in [5.74, 6) is -3.98. The fourth-order valence-corrected chi connectivity index (χ4v) is 3.37. The number of halogens is 2. The van der Waals surface area contributed by atoms with Gasteiger partial charge in [-0.15, -0.1) is 5.10 Å². The second-order valence-electron chi connectivity index (χ2n) is 6.67. The van der Waals surface area contributed by atoms with Crippen LogP contribution in [0.5, 0.6) is 0 Å². The van der Waals surface area contributed by atoms with Crippen molar-refractivity contribution in [3.8, 4) is 0 Å². The third-order valence-electron chi connectivity index (χ3n) is 4.93. The Hall–Kier alpha value is -3.20. The molecule has 0 unspecified atom stereocenters. The first kappa shape index (κ1) is 18.2. The Morgan fingerprint density at radius 2 is 2.00 bits per heavy atom. The van der Waals surface area contributed by atoms with Crippen molar-refractivity contribution < 1.29 is 13.9 Å². The van der Waals surface area contributed by atoms with Crippen LogP contribution in [0.25, 0.3) is 10.9 Å². The number of hydrogen-bond donors (Lipinski definition) is 2. The van der Waals surface area contributed by atoms with Gasteiger partial charge < -0.3 is 5.11 Å². The molecule has 0 aliphatic carbocycles. The van der Waals surface area contributed by atoms with Gasteiger partial charge in [0.1, 0.15) is 0 Å². The van der Waals surface area contributed by atoms with E-state index >= 15 is 0 Å². The summed E-state index contributed by atoms with van der Waals surface area (Å²) in [6.07, 6.45) is 0. The average molecular weight is 384 g/mol. The van der Waals surface area contributed by atoms with Crippen LogP contribution in [-0.2, 0) is 19.1 Å². The highest BCUT2D eigenvalue weighted by atomic mass is 19.3. The molecule has 4 rings (SSSR count). The van der Waals surface area contributed by atoms with E-state index < -0.39 is 11.7 Å². The van der Waals surface area contributed by atoms with Crippen molar-refractivity contribution in [1.82, 2.24) is 30.4 Å². The number of aromatic nitrogens is 6. The number of hydrogen-bond acceptors (Lipinski definition) is 5. The van der Waals surface area contributed by atoms with Crippen LogP contribution in [0, 0.1) is 13.8 Å². The molecule has 2 heterocycles. The first-order chi connectivity index (χ1) is 13.4. The molecule has 0 spiro atoms. The zero-order valence-electron chi connectivity index (χ0n) is 15.3. The molecule has 0 radical (unpaired) electrons. The van der Waals surface area contributed by atoms with Gasteiger partial charge in [0.15, 0.2) is 0 Å². The number of tetrazole rings is 1. The fourth-order valence-electron chi connectivity index (χ4n) is 3.37. The Kier molecular flexibility index (Phi) is 4.38. The molecule has 0 aliphatic rings. The quantitative estimate of drug-likeness (QED) is 0.552. The molecule has 0 fully saturated rings. The molecule has 2 aromatic carbocycles. The minimum absolute atomic E-state index is 0.100. The van der Waals surface area contributed by atoms with Crippen LogP contribution in [-0.4, -0.2) is 35.5 Å². The normalized spacial score (nSPS) is 12.0. The van der Waals surface area contributed by atoms with E-state index in [2.05, 4.69) is 25.7 Å². The van der Waals surface area contributed by atoms with Gasteiger partial charge in [0.05, 0.1) is 24.4 Å². The van der Waals surface area contributed by atoms with Gasteiger partial charge in [-0.05, 0) is 47.0 Å². The highest BCUT2D eigenvalue weighted by Crippen LogP contribution is 2.35. The third-order valence-corrected chi connectivity index (χ3v) is 4.93. The maximum Gasteiger partial charge on any atom is 0.333 e. The Balaban J connectivity index is 1.83. The second-order valence-corrected chi connectivity index (χ2v) is 6.67. The number of rotatable bonds is 5. The van der Waals surface area contributed by atoms with Crippen molar-refractivity contribution in [2.75, 3.05) is 0 Å². The maximum atomic E-state index is 14.8. The number of benzene rings is 2. The average Bonchev–Trinajstić information content (AvgIpc) is 3.33. The first-order valence-corrected chi connectivity index (χ1v) is 8.69. The lowest BCUT2D eigenvalue weighted by Crippen LogP contribution is -2.17. The molecule has 28 heavy (non-hydrogen) atoms. The summed E-state index contributed by atoms with van der Waals surface area (Å²) in [6, 6.07) is 10.1. The molecule has 0 saturated carbocycles. The molecule has 0 aliphatic heterocycles. The van der Waals surface area contributed by atoms with E-state index in [1.54, 1.807) is 10.7 Å². The van der Waals surface area contributed by atoms with Crippen molar-refractivity contribution in [1.29, 1.82) is 0 Å². The summed E-state index contributed by atoms with van der Waals surface area (Å²) in [4.78, 5) is 0. The van der Waals surface area contributed by atoms with Crippen LogP contribution >= 0.6 is 0 Å². The van der Waals surface area contributed by atoms with Gasteiger partial charge in [-0.2, -0.15) is 13.9 Å². The van der Waals surface area contributed by atoms with E-state index in [9.17, 15) is 13.9 Å². The first-order valence-electron chi connectivity index (χ1n) is 8.69. The Bertz CT molecular complexity index is 1140. The fraction of sp³-hybridized carbons (Fsp3) is 0.263. The number of aliphatic hydroxyl groups is 1. The highest BCUT2D eigenvalue weighted by Gasteiger charge is 2.38. The summed E-state index contributed by atoms with van der Waals surface area (Å²) >= 11 is 0. The Labute approximate surface area is 159 Å². The van der Waals surface area contributed by atoms with Crippen molar-refractivity contribution >= 4 is 10.9 Å². The number of nitrogens with zero attached hydrogens (tertiary/aromatic N) is 5. The lowest BCUT2D eigenvalue weighted by Gasteiger charge is -2.14. The molecule has 0 bridgehead atoms. The van der Waals surface area contributed by atoms with Gasteiger partial charge in [-0.25, -0.2) is 5.10 Å². The minimum atomic E-state index is -3.36. The van der Waals surface area contributed by atoms with E-state index in [1.807, 2.05) is 32.0 Å². The van der Waals surface area contributed by atoms with E-state index in [-0.39, 0.29) is 12.2 Å². The lowest BCUT2D eigenvalue weighted by molar-refractivity contribution is 0.0330. The van der Waals surface area contributed by atoms with Gasteiger partial charge in [-0.1, -0.05) is 30.3 Å². The van der Waals surface area contributed by atoms with Gasteiger partial charge in [0.2, 0.25) is 5.82 Å². The summed E-state index contributed by atoms with van der Waals surface area (Å²) < 4.78 is 31.2. The number of aliphatic hydroxyl groups excluding tert-OH is 1. The lowest BCUT2D eigenvalue weighted by atomic mass is 10.0. The predicted octanol–water partition coefficient (Wildman–Crippen LogP) is 2.85. The molecule has 0 amide bonds. The van der Waals surface area contributed by atoms with E-state index in [0.717, 1.165) is 27.8 Å². The smallest absolute Gasteiger partial charge is 0.333 e. The zero-order chi connectivity index (χ0) is 19.9. The van der Waals surface area contributed by atoms with Crippen molar-refractivity contribution in [3.63, 3.8) is 0 Å². The van der Waals surface area contributed by atoms with Crippen molar-refractivity contribution in [2.45, 2.75) is 32.9 Å². The summed E-state index contributed by atoms with van der Waals surface area (Å²) in [6.45, 7) is 4.05. The van der Waals surface area contributed by atoms with E-state index in [4.69, 9.17) is 0 Å². The molecule has 0 saturated heterocycles. The van der Waals surface area contributed by atoms with Crippen LogP contribution in [0.2, 0.25) is 0 Å². The van der Waals surface area contributed by atoms with Crippen LogP contribution < -0.4 is 0 Å². The summed E-state index contributed by atoms with van der Waals surface area (Å²) in [5, 5.41) is 26.9.